The van der Waals surface area contributed by atoms with E-state index in [9.17, 15) is 4.79 Å². The van der Waals surface area contributed by atoms with Gasteiger partial charge in [0.1, 0.15) is 6.04 Å². The summed E-state index contributed by atoms with van der Waals surface area (Å²) in [5.41, 5.74) is 0. The van der Waals surface area contributed by atoms with E-state index < -0.39 is 12.0 Å². The highest BCUT2D eigenvalue weighted by molar-refractivity contribution is 7.80. The molecule has 1 atom stereocenters. The Kier molecular flexibility index (Phi) is 10.8. The van der Waals surface area contributed by atoms with Crippen LogP contribution in [0.3, 0.4) is 0 Å². The molecule has 0 aliphatic heterocycles. The maximum absolute atomic E-state index is 11.1. The van der Waals surface area contributed by atoms with Crippen LogP contribution in [-0.2, 0) is 4.79 Å². The highest BCUT2D eigenvalue weighted by atomic mass is 32.1. The molecular weight excluding hydrogens is 234 g/mol. The number of carboxylic acid groups (broad SMARTS) is 1. The molecule has 3 nitrogen and oxygen atoms in total. The zero-order valence-electron chi connectivity index (χ0n) is 11.2. The fourth-order valence-corrected chi connectivity index (χ4v) is 2.29. The Morgan fingerprint density at radius 1 is 1.12 bits per heavy atom. The van der Waals surface area contributed by atoms with Crippen molar-refractivity contribution >= 4 is 18.6 Å². The first kappa shape index (κ1) is 16.8. The summed E-state index contributed by atoms with van der Waals surface area (Å²) < 4.78 is 0. The molecule has 0 saturated heterocycles. The third-order valence-corrected chi connectivity index (χ3v) is 3.34. The number of hydrogen-bond acceptors (Lipinski definition) is 3. The zero-order valence-corrected chi connectivity index (χ0v) is 12.1. The van der Waals surface area contributed by atoms with E-state index in [0.717, 1.165) is 25.9 Å². The average Bonchev–Trinajstić information content (AvgIpc) is 2.29. The van der Waals surface area contributed by atoms with Crippen molar-refractivity contribution in [2.24, 2.45) is 0 Å². The summed E-state index contributed by atoms with van der Waals surface area (Å²) in [5.74, 6) is -0.346. The summed E-state index contributed by atoms with van der Waals surface area (Å²) in [5, 5.41) is 9.17. The van der Waals surface area contributed by atoms with Crippen molar-refractivity contribution < 1.29 is 9.90 Å². The number of aliphatic carboxylic acids is 1. The third kappa shape index (κ3) is 7.66. The smallest absolute Gasteiger partial charge is 0.321 e. The number of thiol groups is 1. The van der Waals surface area contributed by atoms with E-state index in [0.29, 0.717) is 5.75 Å². The van der Waals surface area contributed by atoms with Crippen molar-refractivity contribution in [1.29, 1.82) is 0 Å². The molecule has 0 aliphatic carbocycles. The lowest BCUT2D eigenvalue weighted by Crippen LogP contribution is -2.43. The Hall–Kier alpha value is -0.220. The fourth-order valence-electron chi connectivity index (χ4n) is 1.90. The van der Waals surface area contributed by atoms with Gasteiger partial charge in [-0.3, -0.25) is 9.69 Å². The van der Waals surface area contributed by atoms with Gasteiger partial charge in [-0.15, -0.1) is 0 Å². The summed E-state index contributed by atoms with van der Waals surface area (Å²) in [7, 11) is 0. The summed E-state index contributed by atoms with van der Waals surface area (Å²) in [6, 6.07) is -0.424. The van der Waals surface area contributed by atoms with Crippen LogP contribution in [-0.4, -0.2) is 40.9 Å². The Bertz CT molecular complexity index is 190. The molecule has 0 bridgehead atoms. The number of carbonyl (C=O) groups is 1. The maximum Gasteiger partial charge on any atom is 0.321 e. The number of hydrogen-bond donors (Lipinski definition) is 2. The molecule has 0 heterocycles. The van der Waals surface area contributed by atoms with Gasteiger partial charge in [0.2, 0.25) is 0 Å². The van der Waals surface area contributed by atoms with Gasteiger partial charge in [0.05, 0.1) is 0 Å². The molecule has 0 aliphatic rings. The molecule has 0 aromatic rings. The molecule has 0 radical (unpaired) electrons. The second-order valence-electron chi connectivity index (χ2n) is 4.49. The van der Waals surface area contributed by atoms with E-state index in [4.69, 9.17) is 5.11 Å². The topological polar surface area (TPSA) is 40.5 Å². The van der Waals surface area contributed by atoms with Gasteiger partial charge in [-0.2, -0.15) is 12.6 Å². The van der Waals surface area contributed by atoms with Crippen molar-refractivity contribution in [3.63, 3.8) is 0 Å². The van der Waals surface area contributed by atoms with Gasteiger partial charge in [-0.25, -0.2) is 0 Å². The molecule has 0 aromatic heterocycles. The molecule has 17 heavy (non-hydrogen) atoms. The highest BCUT2D eigenvalue weighted by Crippen LogP contribution is 2.09. The van der Waals surface area contributed by atoms with Gasteiger partial charge < -0.3 is 5.11 Å². The van der Waals surface area contributed by atoms with Crippen LogP contribution in [0.1, 0.15) is 52.4 Å². The van der Waals surface area contributed by atoms with Gasteiger partial charge in [-0.1, -0.05) is 39.5 Å². The minimum Gasteiger partial charge on any atom is -0.480 e. The van der Waals surface area contributed by atoms with Crippen LogP contribution < -0.4 is 0 Å². The van der Waals surface area contributed by atoms with Crippen LogP contribution in [0.15, 0.2) is 0 Å². The van der Waals surface area contributed by atoms with Crippen LogP contribution >= 0.6 is 12.6 Å². The minimum atomic E-state index is -0.743. The number of carboxylic acids is 1. The number of nitrogens with zero attached hydrogens (tertiary/aromatic N) is 1. The lowest BCUT2D eigenvalue weighted by molar-refractivity contribution is -0.142. The normalized spacial score (nSPS) is 12.9. The minimum absolute atomic E-state index is 0.396. The molecule has 0 unspecified atom stereocenters. The molecule has 0 spiro atoms. The van der Waals surface area contributed by atoms with Crippen molar-refractivity contribution in [2.45, 2.75) is 58.4 Å². The fraction of sp³-hybridized carbons (Fsp3) is 0.923. The van der Waals surface area contributed by atoms with Gasteiger partial charge in [0.15, 0.2) is 0 Å². The SMILES string of the molecule is CCCCCN(CCCCC)[C@@H](CS)C(=O)O. The number of unbranched alkanes of at least 4 members (excludes halogenated alkanes) is 4. The third-order valence-electron chi connectivity index (χ3n) is 3.00. The van der Waals surface area contributed by atoms with Gasteiger partial charge in [0.25, 0.3) is 0 Å². The summed E-state index contributed by atoms with van der Waals surface area (Å²) >= 11 is 4.16. The lowest BCUT2D eigenvalue weighted by atomic mass is 10.1. The maximum atomic E-state index is 11.1. The summed E-state index contributed by atoms with van der Waals surface area (Å²) in [6.07, 6.45) is 6.84. The first-order chi connectivity index (χ1) is 8.17. The highest BCUT2D eigenvalue weighted by Gasteiger charge is 2.23. The van der Waals surface area contributed by atoms with Crippen molar-refractivity contribution in [3.05, 3.63) is 0 Å². The summed E-state index contributed by atoms with van der Waals surface area (Å²) in [4.78, 5) is 13.2. The average molecular weight is 261 g/mol. The van der Waals surface area contributed by atoms with Crippen LogP contribution in [0.2, 0.25) is 0 Å². The predicted octanol–water partition coefficient (Wildman–Crippen LogP) is 3.05. The van der Waals surface area contributed by atoms with Crippen LogP contribution in [0.4, 0.5) is 0 Å². The molecule has 1 N–H and O–H groups in total. The molecule has 4 heteroatoms. The van der Waals surface area contributed by atoms with E-state index in [2.05, 4.69) is 31.4 Å². The molecule has 0 saturated carbocycles. The first-order valence-electron chi connectivity index (χ1n) is 6.75. The number of rotatable bonds is 11. The standard InChI is InChI=1S/C13H27NO2S/c1-3-5-7-9-14(10-8-6-4-2)12(11-17)13(15)16/h12,17H,3-11H2,1-2H3,(H,15,16)/t12-/m0/s1. The van der Waals surface area contributed by atoms with Crippen molar-refractivity contribution in [2.75, 3.05) is 18.8 Å². The Morgan fingerprint density at radius 3 is 1.88 bits per heavy atom. The van der Waals surface area contributed by atoms with E-state index in [-0.39, 0.29) is 0 Å². The Morgan fingerprint density at radius 2 is 1.59 bits per heavy atom. The molecule has 0 rings (SSSR count). The predicted molar refractivity (Wildman–Crippen MR) is 75.9 cm³/mol. The van der Waals surface area contributed by atoms with Gasteiger partial charge in [-0.05, 0) is 25.9 Å². The lowest BCUT2D eigenvalue weighted by Gasteiger charge is -2.27. The second kappa shape index (κ2) is 10.9. The molecular formula is C13H27NO2S. The quantitative estimate of drug-likeness (QED) is 0.443. The second-order valence-corrected chi connectivity index (χ2v) is 4.85. The molecule has 0 aromatic carbocycles. The molecule has 0 amide bonds. The van der Waals surface area contributed by atoms with E-state index in [1.807, 2.05) is 0 Å². The Balaban J connectivity index is 4.20. The van der Waals surface area contributed by atoms with Gasteiger partial charge >= 0.3 is 5.97 Å². The van der Waals surface area contributed by atoms with E-state index in [1.54, 1.807) is 0 Å². The Labute approximate surface area is 111 Å². The van der Waals surface area contributed by atoms with E-state index in [1.165, 1.54) is 25.7 Å². The van der Waals surface area contributed by atoms with Crippen molar-refractivity contribution in [1.82, 2.24) is 4.90 Å². The summed E-state index contributed by atoms with van der Waals surface area (Å²) in [6.45, 7) is 6.09. The van der Waals surface area contributed by atoms with Crippen LogP contribution in [0.5, 0.6) is 0 Å². The van der Waals surface area contributed by atoms with Gasteiger partial charge in [0, 0.05) is 5.75 Å². The molecule has 0 fully saturated rings. The van der Waals surface area contributed by atoms with Crippen LogP contribution in [0.25, 0.3) is 0 Å². The largest absolute Gasteiger partial charge is 0.480 e. The first-order valence-corrected chi connectivity index (χ1v) is 7.38. The monoisotopic (exact) mass is 261 g/mol. The van der Waals surface area contributed by atoms with E-state index >= 15 is 0 Å². The zero-order chi connectivity index (χ0) is 13.1. The molecule has 102 valence electrons. The van der Waals surface area contributed by atoms with Crippen molar-refractivity contribution in [3.8, 4) is 0 Å². The van der Waals surface area contributed by atoms with Crippen LogP contribution in [0, 0.1) is 0 Å².